The smallest absolute Gasteiger partial charge is 0.255 e. The van der Waals surface area contributed by atoms with Crippen LogP contribution < -0.4 is 4.74 Å². The van der Waals surface area contributed by atoms with Crippen molar-refractivity contribution in [2.45, 2.75) is 31.0 Å². The summed E-state index contributed by atoms with van der Waals surface area (Å²) in [5, 5.41) is 8.95. The Bertz CT molecular complexity index is 1190. The van der Waals surface area contributed by atoms with Crippen molar-refractivity contribution in [1.29, 1.82) is 0 Å². The van der Waals surface area contributed by atoms with Gasteiger partial charge in [0.15, 0.2) is 11.6 Å². The van der Waals surface area contributed by atoms with Crippen molar-refractivity contribution < 1.29 is 19.4 Å². The first-order chi connectivity index (χ1) is 16.6. The summed E-state index contributed by atoms with van der Waals surface area (Å²) in [6.45, 7) is 1.07. The topological polar surface area (TPSA) is 71.4 Å². The molecule has 0 aromatic heterocycles. The molecule has 1 amide bonds. The van der Waals surface area contributed by atoms with E-state index in [0.29, 0.717) is 37.6 Å². The second-order valence-corrected chi connectivity index (χ2v) is 8.81. The molecule has 2 aliphatic rings. The molecule has 0 fully saturated rings. The normalized spacial score (nSPS) is 21.2. The van der Waals surface area contributed by atoms with E-state index in [1.165, 1.54) is 0 Å². The number of nitrogens with zero attached hydrogens (tertiary/aromatic N) is 2. The number of fused-ring (bicyclic) bond motifs is 3. The van der Waals surface area contributed by atoms with Gasteiger partial charge >= 0.3 is 0 Å². The maximum Gasteiger partial charge on any atom is 0.255 e. The standard InChI is InChI=1S/C28H28N2O4/c1-30-19-22-10-5-6-11-24(22)25-28(27(30)32,18-20-8-3-2-4-9-20)29-26(34-25)21-12-14-23(15-13-21)33-17-7-16-31/h2-6,8-15,25,31H,7,16-19H2,1H3/t25-,28-/m0/s1. The van der Waals surface area contributed by atoms with Gasteiger partial charge in [-0.3, -0.25) is 4.79 Å². The highest BCUT2D eigenvalue weighted by Gasteiger charge is 2.56. The lowest BCUT2D eigenvalue weighted by molar-refractivity contribution is -0.138. The number of carbonyl (C=O) groups is 1. The van der Waals surface area contributed by atoms with Gasteiger partial charge in [0, 0.05) is 44.2 Å². The third-order valence-electron chi connectivity index (χ3n) is 6.42. The molecule has 6 nitrogen and oxygen atoms in total. The number of aliphatic imine (C=N–C) groups is 1. The summed E-state index contributed by atoms with van der Waals surface area (Å²) in [4.78, 5) is 20.7. The zero-order valence-corrected chi connectivity index (χ0v) is 19.2. The average molecular weight is 457 g/mol. The van der Waals surface area contributed by atoms with E-state index in [9.17, 15) is 4.79 Å². The summed E-state index contributed by atoms with van der Waals surface area (Å²) >= 11 is 0. The fourth-order valence-electron chi connectivity index (χ4n) is 4.74. The Labute approximate surface area is 199 Å². The van der Waals surface area contributed by atoms with E-state index >= 15 is 0 Å². The van der Waals surface area contributed by atoms with Crippen molar-refractivity contribution in [3.63, 3.8) is 0 Å². The molecule has 0 spiro atoms. The third kappa shape index (κ3) is 4.05. The van der Waals surface area contributed by atoms with Crippen LogP contribution in [0.2, 0.25) is 0 Å². The monoisotopic (exact) mass is 456 g/mol. The molecule has 174 valence electrons. The predicted molar refractivity (Wildman–Crippen MR) is 130 cm³/mol. The van der Waals surface area contributed by atoms with Gasteiger partial charge in [0.25, 0.3) is 5.91 Å². The molecule has 5 rings (SSSR count). The molecular weight excluding hydrogens is 428 g/mol. The fourth-order valence-corrected chi connectivity index (χ4v) is 4.74. The number of aliphatic hydroxyl groups is 1. The van der Waals surface area contributed by atoms with Crippen LogP contribution in [0.4, 0.5) is 0 Å². The minimum atomic E-state index is -1.09. The van der Waals surface area contributed by atoms with Crippen LogP contribution in [-0.4, -0.2) is 47.6 Å². The number of aliphatic hydroxyl groups excluding tert-OH is 1. The molecule has 3 aromatic rings. The second-order valence-electron chi connectivity index (χ2n) is 8.81. The first-order valence-corrected chi connectivity index (χ1v) is 11.6. The van der Waals surface area contributed by atoms with Gasteiger partial charge in [0.05, 0.1) is 6.61 Å². The van der Waals surface area contributed by atoms with Gasteiger partial charge < -0.3 is 19.5 Å². The van der Waals surface area contributed by atoms with E-state index in [0.717, 1.165) is 22.3 Å². The molecule has 1 N–H and O–H groups in total. The van der Waals surface area contributed by atoms with Crippen molar-refractivity contribution in [3.05, 3.63) is 101 Å². The van der Waals surface area contributed by atoms with Crippen molar-refractivity contribution in [3.8, 4) is 5.75 Å². The molecule has 0 saturated carbocycles. The molecule has 0 radical (unpaired) electrons. The van der Waals surface area contributed by atoms with Gasteiger partial charge in [-0.15, -0.1) is 0 Å². The molecule has 0 bridgehead atoms. The van der Waals surface area contributed by atoms with Crippen LogP contribution in [0.1, 0.15) is 34.8 Å². The summed E-state index contributed by atoms with van der Waals surface area (Å²) in [5.74, 6) is 1.13. The summed E-state index contributed by atoms with van der Waals surface area (Å²) < 4.78 is 12.2. The van der Waals surface area contributed by atoms with Crippen LogP contribution in [0.3, 0.4) is 0 Å². The Morgan fingerprint density at radius 1 is 1.06 bits per heavy atom. The van der Waals surface area contributed by atoms with Gasteiger partial charge in [-0.05, 0) is 35.4 Å². The molecule has 2 heterocycles. The van der Waals surface area contributed by atoms with E-state index in [1.807, 2.05) is 79.8 Å². The van der Waals surface area contributed by atoms with Crippen molar-refractivity contribution in [2.24, 2.45) is 4.99 Å². The Hall–Kier alpha value is -3.64. The van der Waals surface area contributed by atoms with Gasteiger partial charge in [-0.2, -0.15) is 0 Å². The first kappa shape index (κ1) is 22.2. The molecule has 0 saturated heterocycles. The number of ether oxygens (including phenoxy) is 2. The lowest BCUT2D eigenvalue weighted by Crippen LogP contribution is -2.48. The number of carbonyl (C=O) groups excluding carboxylic acids is 1. The van der Waals surface area contributed by atoms with Crippen LogP contribution in [0.15, 0.2) is 83.9 Å². The Balaban J connectivity index is 1.56. The van der Waals surface area contributed by atoms with E-state index < -0.39 is 11.6 Å². The van der Waals surface area contributed by atoms with E-state index in [-0.39, 0.29) is 12.5 Å². The average Bonchev–Trinajstić information content (AvgIpc) is 3.22. The van der Waals surface area contributed by atoms with E-state index in [1.54, 1.807) is 4.90 Å². The number of likely N-dealkylation sites (N-methyl/N-ethyl adjacent to an activating group) is 1. The predicted octanol–water partition coefficient (Wildman–Crippen LogP) is 3.92. The van der Waals surface area contributed by atoms with Gasteiger partial charge in [-0.1, -0.05) is 54.6 Å². The second kappa shape index (κ2) is 9.31. The Morgan fingerprint density at radius 3 is 2.56 bits per heavy atom. The molecule has 0 unspecified atom stereocenters. The third-order valence-corrected chi connectivity index (χ3v) is 6.42. The molecule has 34 heavy (non-hydrogen) atoms. The Morgan fingerprint density at radius 2 is 1.79 bits per heavy atom. The highest BCUT2D eigenvalue weighted by atomic mass is 16.5. The highest BCUT2D eigenvalue weighted by Crippen LogP contribution is 2.46. The zero-order valence-electron chi connectivity index (χ0n) is 19.2. The number of rotatable bonds is 7. The van der Waals surface area contributed by atoms with Gasteiger partial charge in [-0.25, -0.2) is 4.99 Å². The van der Waals surface area contributed by atoms with Crippen LogP contribution >= 0.6 is 0 Å². The van der Waals surface area contributed by atoms with Crippen molar-refractivity contribution >= 4 is 11.8 Å². The molecule has 3 aromatic carbocycles. The molecule has 2 atom stereocenters. The summed E-state index contributed by atoms with van der Waals surface area (Å²) in [6, 6.07) is 25.6. The van der Waals surface area contributed by atoms with Crippen molar-refractivity contribution in [2.75, 3.05) is 20.3 Å². The van der Waals surface area contributed by atoms with Crippen molar-refractivity contribution in [1.82, 2.24) is 4.90 Å². The molecule has 6 heteroatoms. The Kier molecular flexibility index (Phi) is 6.07. The van der Waals surface area contributed by atoms with Crippen LogP contribution in [-0.2, 0) is 22.5 Å². The number of hydrogen-bond donors (Lipinski definition) is 1. The summed E-state index contributed by atoms with van der Waals surface area (Å²) in [7, 11) is 1.83. The number of hydrogen-bond acceptors (Lipinski definition) is 5. The summed E-state index contributed by atoms with van der Waals surface area (Å²) in [5.41, 5.74) is 2.81. The van der Waals surface area contributed by atoms with Crippen LogP contribution in [0, 0.1) is 0 Å². The maximum atomic E-state index is 13.9. The van der Waals surface area contributed by atoms with E-state index in [4.69, 9.17) is 19.6 Å². The quantitative estimate of drug-likeness (QED) is 0.547. The molecular formula is C28H28N2O4. The zero-order chi connectivity index (χ0) is 23.5. The van der Waals surface area contributed by atoms with E-state index in [2.05, 4.69) is 6.07 Å². The highest BCUT2D eigenvalue weighted by molar-refractivity contribution is 6.01. The minimum Gasteiger partial charge on any atom is -0.494 e. The maximum absolute atomic E-state index is 13.9. The van der Waals surface area contributed by atoms with Gasteiger partial charge in [0.2, 0.25) is 5.90 Å². The van der Waals surface area contributed by atoms with Crippen LogP contribution in [0.5, 0.6) is 5.75 Å². The fraction of sp³-hybridized carbons (Fsp3) is 0.286. The molecule has 2 aliphatic heterocycles. The van der Waals surface area contributed by atoms with Gasteiger partial charge in [0.1, 0.15) is 5.75 Å². The SMILES string of the molecule is CN1Cc2ccccc2[C@@H]2OC(c3ccc(OCCCO)cc3)=N[C@]2(Cc2ccccc2)C1=O. The number of amides is 1. The summed E-state index contributed by atoms with van der Waals surface area (Å²) in [6.07, 6.45) is 0.509. The minimum absolute atomic E-state index is 0.0449. The largest absolute Gasteiger partial charge is 0.494 e. The number of benzene rings is 3. The lowest BCUT2D eigenvalue weighted by Gasteiger charge is -2.31. The first-order valence-electron chi connectivity index (χ1n) is 11.6. The lowest BCUT2D eigenvalue weighted by atomic mass is 9.82. The van der Waals surface area contributed by atoms with Crippen LogP contribution in [0.25, 0.3) is 0 Å². The molecule has 0 aliphatic carbocycles.